The van der Waals surface area contributed by atoms with Crippen LogP contribution in [0.3, 0.4) is 0 Å². The molecular weight excluding hydrogens is 336 g/mol. The van der Waals surface area contributed by atoms with Gasteiger partial charge in [-0.2, -0.15) is 5.10 Å². The number of aliphatic hydroxyl groups excluding tert-OH is 1. The number of nitrogens with zero attached hydrogens (tertiary/aromatic N) is 2. The number of aromatic nitrogens is 2. The lowest BCUT2D eigenvalue weighted by molar-refractivity contribution is 0.281. The topological polar surface area (TPSA) is 72.2 Å². The van der Waals surface area contributed by atoms with E-state index in [4.69, 9.17) is 0 Å². The van der Waals surface area contributed by atoms with Crippen molar-refractivity contribution in [2.24, 2.45) is 5.92 Å². The van der Waals surface area contributed by atoms with Gasteiger partial charge < -0.3 is 5.11 Å². The number of aryl methyl sites for hydroxylation is 1. The quantitative estimate of drug-likeness (QED) is 0.855. The number of hydrogen-bond donors (Lipinski definition) is 1. The molecule has 0 bridgehead atoms. The van der Waals surface area contributed by atoms with Crippen molar-refractivity contribution in [3.05, 3.63) is 52.3 Å². The first-order valence-corrected chi connectivity index (χ1v) is 10.6. The number of fused-ring (bicyclic) bond motifs is 1. The average Bonchev–Trinajstić information content (AvgIpc) is 3.26. The van der Waals surface area contributed by atoms with E-state index in [0.29, 0.717) is 12.3 Å². The van der Waals surface area contributed by atoms with Crippen LogP contribution in [0.2, 0.25) is 0 Å². The molecule has 0 spiro atoms. The van der Waals surface area contributed by atoms with Crippen LogP contribution in [0.5, 0.6) is 0 Å². The molecule has 134 valence electrons. The Labute approximate surface area is 148 Å². The van der Waals surface area contributed by atoms with Gasteiger partial charge in [-0.1, -0.05) is 18.2 Å². The minimum absolute atomic E-state index is 0.00711. The largest absolute Gasteiger partial charge is 0.392 e. The van der Waals surface area contributed by atoms with Crippen molar-refractivity contribution < 1.29 is 13.5 Å². The highest BCUT2D eigenvalue weighted by atomic mass is 32.2. The summed E-state index contributed by atoms with van der Waals surface area (Å²) < 4.78 is 26.3. The van der Waals surface area contributed by atoms with Crippen LogP contribution in [0.4, 0.5) is 0 Å². The molecule has 0 radical (unpaired) electrons. The van der Waals surface area contributed by atoms with Crippen molar-refractivity contribution in [2.45, 2.75) is 51.0 Å². The standard InChI is InChI=1S/C19H24N2O3S/c1-13-18(11-22)10-21(20-13)9-14-2-3-16-7-15(8-17(16)6-14)12-25(23,24)19-4-5-19/h2-3,6,10,15,19,22H,4-5,7-9,11-12H2,1H3/t15-/m0/s1. The smallest absolute Gasteiger partial charge is 0.153 e. The molecule has 1 aromatic carbocycles. The molecule has 2 aliphatic carbocycles. The SMILES string of the molecule is Cc1nn(Cc2ccc3c(c2)C[C@@H](CS(=O)(=O)C2CC2)C3)cc1CO. The molecule has 6 heteroatoms. The van der Waals surface area contributed by atoms with Crippen LogP contribution in [0.15, 0.2) is 24.4 Å². The molecule has 1 N–H and O–H groups in total. The Morgan fingerprint density at radius 2 is 2.00 bits per heavy atom. The second kappa shape index (κ2) is 6.25. The maximum absolute atomic E-state index is 12.2. The highest BCUT2D eigenvalue weighted by Gasteiger charge is 2.38. The van der Waals surface area contributed by atoms with E-state index in [1.54, 1.807) is 0 Å². The van der Waals surface area contributed by atoms with Gasteiger partial charge >= 0.3 is 0 Å². The predicted molar refractivity (Wildman–Crippen MR) is 96.1 cm³/mol. The maximum Gasteiger partial charge on any atom is 0.153 e. The van der Waals surface area contributed by atoms with Crippen LogP contribution in [0.25, 0.3) is 0 Å². The fourth-order valence-corrected chi connectivity index (χ4v) is 5.87. The van der Waals surface area contributed by atoms with Gasteiger partial charge in [0.25, 0.3) is 0 Å². The monoisotopic (exact) mass is 360 g/mol. The normalized spacial score (nSPS) is 20.0. The maximum atomic E-state index is 12.2. The third kappa shape index (κ3) is 3.51. The first-order chi connectivity index (χ1) is 11.9. The lowest BCUT2D eigenvalue weighted by Gasteiger charge is -2.08. The van der Waals surface area contributed by atoms with Crippen LogP contribution in [0, 0.1) is 12.8 Å². The van der Waals surface area contributed by atoms with E-state index < -0.39 is 9.84 Å². The summed E-state index contributed by atoms with van der Waals surface area (Å²) in [5, 5.41) is 13.7. The molecule has 1 saturated carbocycles. The molecule has 1 atom stereocenters. The van der Waals surface area contributed by atoms with E-state index in [0.717, 1.165) is 42.5 Å². The van der Waals surface area contributed by atoms with Crippen LogP contribution < -0.4 is 0 Å². The first kappa shape index (κ1) is 16.8. The van der Waals surface area contributed by atoms with Gasteiger partial charge in [-0.3, -0.25) is 4.68 Å². The molecule has 1 fully saturated rings. The van der Waals surface area contributed by atoms with Gasteiger partial charge in [0.15, 0.2) is 9.84 Å². The number of benzene rings is 1. The molecule has 1 heterocycles. The van der Waals surface area contributed by atoms with E-state index >= 15 is 0 Å². The van der Waals surface area contributed by atoms with Crippen LogP contribution >= 0.6 is 0 Å². The van der Waals surface area contributed by atoms with Crippen molar-refractivity contribution in [2.75, 3.05) is 5.75 Å². The zero-order chi connectivity index (χ0) is 17.6. The molecule has 0 unspecified atom stereocenters. The van der Waals surface area contributed by atoms with Gasteiger partial charge in [-0.05, 0) is 55.2 Å². The van der Waals surface area contributed by atoms with E-state index in [9.17, 15) is 13.5 Å². The van der Waals surface area contributed by atoms with Crippen LogP contribution in [-0.2, 0) is 35.8 Å². The number of hydrogen-bond acceptors (Lipinski definition) is 4. The minimum Gasteiger partial charge on any atom is -0.392 e. The molecular formula is C19H24N2O3S. The second-order valence-corrected chi connectivity index (χ2v) is 9.83. The van der Waals surface area contributed by atoms with Crippen molar-refractivity contribution in [1.29, 1.82) is 0 Å². The highest BCUT2D eigenvalue weighted by Crippen LogP contribution is 2.34. The van der Waals surface area contributed by atoms with Crippen molar-refractivity contribution >= 4 is 9.84 Å². The van der Waals surface area contributed by atoms with E-state index in [1.807, 2.05) is 17.8 Å². The Morgan fingerprint density at radius 1 is 1.24 bits per heavy atom. The van der Waals surface area contributed by atoms with E-state index in [2.05, 4.69) is 23.3 Å². The van der Waals surface area contributed by atoms with Gasteiger partial charge in [0.2, 0.25) is 0 Å². The highest BCUT2D eigenvalue weighted by molar-refractivity contribution is 7.92. The van der Waals surface area contributed by atoms with Crippen molar-refractivity contribution in [3.8, 4) is 0 Å². The predicted octanol–water partition coefficient (Wildman–Crippen LogP) is 2.02. The molecule has 4 rings (SSSR count). The lowest BCUT2D eigenvalue weighted by atomic mass is 10.1. The Balaban J connectivity index is 1.46. The van der Waals surface area contributed by atoms with E-state index in [-0.39, 0.29) is 17.8 Å². The lowest BCUT2D eigenvalue weighted by Crippen LogP contribution is -2.19. The fourth-order valence-electron chi connectivity index (χ4n) is 3.85. The van der Waals surface area contributed by atoms with Gasteiger partial charge in [-0.15, -0.1) is 0 Å². The summed E-state index contributed by atoms with van der Waals surface area (Å²) in [6.45, 7) is 2.57. The summed E-state index contributed by atoms with van der Waals surface area (Å²) in [5.74, 6) is 0.559. The fraction of sp³-hybridized carbons (Fsp3) is 0.526. The summed E-state index contributed by atoms with van der Waals surface area (Å²) in [6, 6.07) is 6.43. The summed E-state index contributed by atoms with van der Waals surface area (Å²) >= 11 is 0. The van der Waals surface area contributed by atoms with Gasteiger partial charge in [-0.25, -0.2) is 8.42 Å². The van der Waals surface area contributed by atoms with Gasteiger partial charge in [0, 0.05) is 11.8 Å². The third-order valence-corrected chi connectivity index (χ3v) is 7.77. The van der Waals surface area contributed by atoms with Crippen molar-refractivity contribution in [3.63, 3.8) is 0 Å². The first-order valence-electron chi connectivity index (χ1n) is 8.90. The molecule has 2 aliphatic rings. The number of aliphatic hydroxyl groups is 1. The van der Waals surface area contributed by atoms with Crippen LogP contribution in [0.1, 0.15) is 40.8 Å². The van der Waals surface area contributed by atoms with E-state index in [1.165, 1.54) is 11.1 Å². The zero-order valence-corrected chi connectivity index (χ0v) is 15.3. The summed E-state index contributed by atoms with van der Waals surface area (Å²) in [7, 11) is -2.89. The Hall–Kier alpha value is -1.66. The Morgan fingerprint density at radius 3 is 2.68 bits per heavy atom. The second-order valence-electron chi connectivity index (χ2n) is 7.50. The Bertz CT molecular complexity index is 897. The van der Waals surface area contributed by atoms with Crippen molar-refractivity contribution in [1.82, 2.24) is 9.78 Å². The average molecular weight is 360 g/mol. The molecule has 2 aromatic rings. The molecule has 0 saturated heterocycles. The molecule has 5 nitrogen and oxygen atoms in total. The molecule has 1 aromatic heterocycles. The van der Waals surface area contributed by atoms with Crippen LogP contribution in [-0.4, -0.2) is 34.3 Å². The zero-order valence-electron chi connectivity index (χ0n) is 14.5. The molecule has 0 aliphatic heterocycles. The number of rotatable bonds is 6. The molecule has 0 amide bonds. The molecule has 25 heavy (non-hydrogen) atoms. The Kier molecular flexibility index (Phi) is 4.20. The summed E-state index contributed by atoms with van der Waals surface area (Å²) in [5.41, 5.74) is 5.43. The third-order valence-electron chi connectivity index (χ3n) is 5.35. The summed E-state index contributed by atoms with van der Waals surface area (Å²) in [4.78, 5) is 0. The number of sulfone groups is 1. The summed E-state index contributed by atoms with van der Waals surface area (Å²) in [6.07, 6.45) is 5.32. The van der Waals surface area contributed by atoms with Gasteiger partial charge in [0.1, 0.15) is 0 Å². The minimum atomic E-state index is -2.89. The van der Waals surface area contributed by atoms with Gasteiger partial charge in [0.05, 0.1) is 29.8 Å².